The first-order valence-electron chi connectivity index (χ1n) is 6.99. The van der Waals surface area contributed by atoms with E-state index in [-0.39, 0.29) is 11.5 Å². The molecule has 22 heavy (non-hydrogen) atoms. The zero-order valence-corrected chi connectivity index (χ0v) is 13.5. The smallest absolute Gasteiger partial charge is 0.251 e. The summed E-state index contributed by atoms with van der Waals surface area (Å²) < 4.78 is 4.94. The molecule has 7 nitrogen and oxygen atoms in total. The molecule has 0 aliphatic rings. The Bertz CT molecular complexity index is 710. The molecular formula is C14H18N4O3S. The predicted molar refractivity (Wildman–Crippen MR) is 84.0 cm³/mol. The number of aromatic nitrogens is 3. The number of aryl methyl sites for hydroxylation is 2. The van der Waals surface area contributed by atoms with Crippen LogP contribution in [0.3, 0.4) is 0 Å². The molecule has 0 radical (unpaired) electrons. The van der Waals surface area contributed by atoms with E-state index in [1.54, 1.807) is 19.9 Å². The van der Waals surface area contributed by atoms with Crippen molar-refractivity contribution in [2.45, 2.75) is 44.0 Å². The minimum absolute atomic E-state index is 0.209. The van der Waals surface area contributed by atoms with Gasteiger partial charge in [-0.2, -0.15) is 0 Å². The topological polar surface area (TPSA) is 101 Å². The van der Waals surface area contributed by atoms with Crippen LogP contribution in [0, 0.1) is 6.92 Å². The van der Waals surface area contributed by atoms with Crippen LogP contribution in [0.5, 0.6) is 0 Å². The summed E-state index contributed by atoms with van der Waals surface area (Å²) >= 11 is 1.19. The van der Waals surface area contributed by atoms with E-state index in [1.165, 1.54) is 17.8 Å². The van der Waals surface area contributed by atoms with Crippen LogP contribution in [0.4, 0.5) is 5.88 Å². The highest BCUT2D eigenvalue weighted by atomic mass is 32.2. The fourth-order valence-corrected chi connectivity index (χ4v) is 2.62. The Kier molecular flexibility index (Phi) is 5.37. The summed E-state index contributed by atoms with van der Waals surface area (Å²) in [7, 11) is 0. The average molecular weight is 322 g/mol. The molecule has 2 aromatic heterocycles. The fraction of sp³-hybridized carbons (Fsp3) is 0.429. The van der Waals surface area contributed by atoms with Gasteiger partial charge in [0.2, 0.25) is 11.8 Å². The van der Waals surface area contributed by atoms with Gasteiger partial charge in [-0.25, -0.2) is 4.98 Å². The number of hydrogen-bond acceptors (Lipinski definition) is 6. The van der Waals surface area contributed by atoms with Crippen LogP contribution >= 0.6 is 11.8 Å². The number of nitrogens with one attached hydrogen (secondary N) is 2. The quantitative estimate of drug-likeness (QED) is 0.624. The average Bonchev–Trinajstić information content (AvgIpc) is 2.83. The molecule has 8 heteroatoms. The molecule has 0 bridgehead atoms. The molecule has 1 atom stereocenters. The van der Waals surface area contributed by atoms with Gasteiger partial charge in [0.05, 0.1) is 10.9 Å². The number of aromatic amines is 1. The SMILES string of the molecule is CCCc1cc(=O)[nH]c(S[C@H](C)C(=O)Nc2cc(C)no2)n1. The Morgan fingerprint density at radius 1 is 1.50 bits per heavy atom. The molecule has 1 amide bonds. The lowest BCUT2D eigenvalue weighted by Gasteiger charge is -2.10. The summed E-state index contributed by atoms with van der Waals surface area (Å²) in [6.07, 6.45) is 1.64. The van der Waals surface area contributed by atoms with Crippen LogP contribution in [-0.4, -0.2) is 26.3 Å². The monoisotopic (exact) mass is 322 g/mol. The molecule has 118 valence electrons. The number of thioether (sulfide) groups is 1. The third-order valence-corrected chi connectivity index (χ3v) is 3.80. The van der Waals surface area contributed by atoms with Gasteiger partial charge in [0.15, 0.2) is 5.16 Å². The molecule has 2 rings (SSSR count). The maximum Gasteiger partial charge on any atom is 0.251 e. The molecule has 0 aliphatic carbocycles. The van der Waals surface area contributed by atoms with Crippen LogP contribution < -0.4 is 10.9 Å². The van der Waals surface area contributed by atoms with E-state index in [4.69, 9.17) is 4.52 Å². The van der Waals surface area contributed by atoms with Gasteiger partial charge in [-0.15, -0.1) is 0 Å². The molecule has 0 aliphatic heterocycles. The van der Waals surface area contributed by atoms with E-state index in [0.29, 0.717) is 16.7 Å². The maximum absolute atomic E-state index is 12.1. The van der Waals surface area contributed by atoms with Gasteiger partial charge < -0.3 is 9.51 Å². The number of rotatable bonds is 6. The van der Waals surface area contributed by atoms with Crippen molar-refractivity contribution in [1.82, 2.24) is 15.1 Å². The van der Waals surface area contributed by atoms with Crippen molar-refractivity contribution in [2.24, 2.45) is 0 Å². The molecule has 0 saturated heterocycles. The first-order chi connectivity index (χ1) is 10.5. The summed E-state index contributed by atoms with van der Waals surface area (Å²) in [6, 6.07) is 3.12. The van der Waals surface area contributed by atoms with Crippen molar-refractivity contribution in [3.8, 4) is 0 Å². The lowest BCUT2D eigenvalue weighted by molar-refractivity contribution is -0.115. The second-order valence-electron chi connectivity index (χ2n) is 4.87. The number of amides is 1. The van der Waals surface area contributed by atoms with Gasteiger partial charge in [-0.05, 0) is 20.3 Å². The zero-order valence-electron chi connectivity index (χ0n) is 12.7. The summed E-state index contributed by atoms with van der Waals surface area (Å²) in [5, 5.41) is 6.33. The molecule has 0 spiro atoms. The summed E-state index contributed by atoms with van der Waals surface area (Å²) in [4.78, 5) is 30.7. The van der Waals surface area contributed by atoms with Crippen LogP contribution in [0.25, 0.3) is 0 Å². The van der Waals surface area contributed by atoms with Crippen LogP contribution in [0.15, 0.2) is 26.6 Å². The lowest BCUT2D eigenvalue weighted by atomic mass is 10.2. The number of carbonyl (C=O) groups is 1. The number of nitrogens with zero attached hydrogens (tertiary/aromatic N) is 2. The highest BCUT2D eigenvalue weighted by molar-refractivity contribution is 8.00. The Balaban J connectivity index is 2.03. The molecule has 0 fully saturated rings. The molecule has 2 aromatic rings. The van der Waals surface area contributed by atoms with Gasteiger partial charge in [0, 0.05) is 17.8 Å². The molecular weight excluding hydrogens is 304 g/mol. The molecule has 0 aromatic carbocycles. The van der Waals surface area contributed by atoms with Gasteiger partial charge in [0.25, 0.3) is 5.56 Å². The van der Waals surface area contributed by atoms with E-state index in [2.05, 4.69) is 20.4 Å². The Hall–Kier alpha value is -2.09. The Morgan fingerprint density at radius 3 is 2.91 bits per heavy atom. The lowest BCUT2D eigenvalue weighted by Crippen LogP contribution is -2.23. The van der Waals surface area contributed by atoms with E-state index in [1.807, 2.05) is 6.92 Å². The summed E-state index contributed by atoms with van der Waals surface area (Å²) in [5.74, 6) is 0.0563. The van der Waals surface area contributed by atoms with Crippen molar-refractivity contribution in [3.05, 3.63) is 33.9 Å². The van der Waals surface area contributed by atoms with E-state index < -0.39 is 5.25 Å². The van der Waals surface area contributed by atoms with Crippen molar-refractivity contribution >= 4 is 23.6 Å². The van der Waals surface area contributed by atoms with Crippen molar-refractivity contribution in [2.75, 3.05) is 5.32 Å². The van der Waals surface area contributed by atoms with Gasteiger partial charge >= 0.3 is 0 Å². The maximum atomic E-state index is 12.1. The second-order valence-corrected chi connectivity index (χ2v) is 6.20. The van der Waals surface area contributed by atoms with Gasteiger partial charge in [0.1, 0.15) is 0 Å². The van der Waals surface area contributed by atoms with E-state index in [9.17, 15) is 9.59 Å². The largest absolute Gasteiger partial charge is 0.338 e. The second kappa shape index (κ2) is 7.26. The van der Waals surface area contributed by atoms with Crippen LogP contribution in [0.1, 0.15) is 31.7 Å². The van der Waals surface area contributed by atoms with Gasteiger partial charge in [-0.3, -0.25) is 14.9 Å². The zero-order chi connectivity index (χ0) is 16.1. The normalized spacial score (nSPS) is 12.1. The molecule has 0 unspecified atom stereocenters. The minimum atomic E-state index is -0.439. The first-order valence-corrected chi connectivity index (χ1v) is 7.87. The Morgan fingerprint density at radius 2 is 2.27 bits per heavy atom. The fourth-order valence-electron chi connectivity index (χ4n) is 1.79. The van der Waals surface area contributed by atoms with Crippen LogP contribution in [0.2, 0.25) is 0 Å². The highest BCUT2D eigenvalue weighted by Crippen LogP contribution is 2.20. The Labute approximate surface area is 131 Å². The third-order valence-electron chi connectivity index (χ3n) is 2.81. The van der Waals surface area contributed by atoms with Crippen molar-refractivity contribution in [3.63, 3.8) is 0 Å². The van der Waals surface area contributed by atoms with Crippen molar-refractivity contribution in [1.29, 1.82) is 0 Å². The van der Waals surface area contributed by atoms with Gasteiger partial charge in [-0.1, -0.05) is 30.3 Å². The summed E-state index contributed by atoms with van der Waals surface area (Å²) in [6.45, 7) is 5.52. The number of H-pyrrole nitrogens is 1. The molecule has 0 saturated carbocycles. The van der Waals surface area contributed by atoms with Crippen LogP contribution in [-0.2, 0) is 11.2 Å². The molecule has 2 N–H and O–H groups in total. The minimum Gasteiger partial charge on any atom is -0.338 e. The third kappa shape index (κ3) is 4.45. The van der Waals surface area contributed by atoms with E-state index in [0.717, 1.165) is 18.5 Å². The number of carbonyl (C=O) groups excluding carboxylic acids is 1. The van der Waals surface area contributed by atoms with Crippen molar-refractivity contribution < 1.29 is 9.32 Å². The number of anilines is 1. The number of hydrogen-bond donors (Lipinski definition) is 2. The summed E-state index contributed by atoms with van der Waals surface area (Å²) in [5.41, 5.74) is 1.21. The highest BCUT2D eigenvalue weighted by Gasteiger charge is 2.18. The standard InChI is InChI=1S/C14H18N4O3S/c1-4-5-10-7-11(19)16-14(15-10)22-9(3)13(20)17-12-6-8(2)18-21-12/h6-7,9H,4-5H2,1-3H3,(H,17,20)(H,15,16,19)/t9-/m1/s1. The first kappa shape index (κ1) is 16.3. The van der Waals surface area contributed by atoms with E-state index >= 15 is 0 Å². The molecule has 2 heterocycles. The predicted octanol–water partition coefficient (Wildman–Crippen LogP) is 2.14.